The molecule has 0 N–H and O–H groups in total. The first-order valence-corrected chi connectivity index (χ1v) is 9.42. The molecule has 0 aliphatic rings. The van der Waals surface area contributed by atoms with Gasteiger partial charge in [-0.15, -0.1) is 11.3 Å². The maximum absolute atomic E-state index is 13.1. The zero-order valence-corrected chi connectivity index (χ0v) is 16.3. The molecule has 0 atom stereocenters. The molecule has 148 valence electrons. The van der Waals surface area contributed by atoms with E-state index in [-0.39, 0.29) is 5.69 Å². The fourth-order valence-corrected chi connectivity index (χ4v) is 4.20. The summed E-state index contributed by atoms with van der Waals surface area (Å²) in [6.07, 6.45) is -4.82. The zero-order valence-electron chi connectivity index (χ0n) is 14.7. The summed E-state index contributed by atoms with van der Waals surface area (Å²) >= 11 is 7.66. The highest BCUT2D eigenvalue weighted by atomic mass is 35.5. The lowest BCUT2D eigenvalue weighted by Crippen LogP contribution is -2.40. The maximum atomic E-state index is 13.1. The van der Waals surface area contributed by atoms with Gasteiger partial charge >= 0.3 is 11.9 Å². The smallest absolute Gasteiger partial charge is 0.292 e. The number of benzene rings is 2. The molecule has 2 aromatic carbocycles. The highest BCUT2D eigenvalue weighted by Crippen LogP contribution is 2.35. The monoisotopic (exact) mass is 437 g/mol. The van der Waals surface area contributed by atoms with Crippen LogP contribution in [0.4, 0.5) is 13.2 Å². The Morgan fingerprint density at radius 1 is 1.07 bits per heavy atom. The van der Waals surface area contributed by atoms with Crippen molar-refractivity contribution >= 4 is 33.2 Å². The molecule has 0 fully saturated rings. The predicted octanol–water partition coefficient (Wildman–Crippen LogP) is 4.49. The lowest BCUT2D eigenvalue weighted by Gasteiger charge is -2.14. The number of aromatic nitrogens is 3. The van der Waals surface area contributed by atoms with Gasteiger partial charge in [0, 0.05) is 18.7 Å². The average Bonchev–Trinajstić information content (AvgIpc) is 3.09. The van der Waals surface area contributed by atoms with E-state index in [1.165, 1.54) is 29.5 Å². The third-order valence-corrected chi connectivity index (χ3v) is 5.74. The Kier molecular flexibility index (Phi) is 4.59. The van der Waals surface area contributed by atoms with E-state index < -0.39 is 23.1 Å². The second-order valence-electron chi connectivity index (χ2n) is 6.19. The van der Waals surface area contributed by atoms with Gasteiger partial charge in [-0.3, -0.25) is 9.36 Å². The van der Waals surface area contributed by atoms with E-state index in [1.54, 1.807) is 0 Å². The van der Waals surface area contributed by atoms with Crippen molar-refractivity contribution in [3.8, 4) is 16.3 Å². The van der Waals surface area contributed by atoms with Crippen LogP contribution in [0.1, 0.15) is 5.69 Å². The van der Waals surface area contributed by atoms with E-state index in [0.717, 1.165) is 17.3 Å². The molecule has 2 aromatic heterocycles. The van der Waals surface area contributed by atoms with Crippen LogP contribution >= 0.6 is 22.9 Å². The summed E-state index contributed by atoms with van der Waals surface area (Å²) in [4.78, 5) is 29.4. The van der Waals surface area contributed by atoms with Crippen LogP contribution in [0.2, 0.25) is 5.02 Å². The van der Waals surface area contributed by atoms with Crippen molar-refractivity contribution in [2.75, 3.05) is 0 Å². The van der Waals surface area contributed by atoms with Crippen molar-refractivity contribution in [1.29, 1.82) is 0 Å². The largest absolute Gasteiger partial charge is 0.431 e. The number of halogens is 4. The summed E-state index contributed by atoms with van der Waals surface area (Å²) in [5.41, 5.74) is -2.18. The Labute approximate surface area is 170 Å². The fraction of sp³-hybridized carbons (Fsp3) is 0.105. The van der Waals surface area contributed by atoms with Crippen LogP contribution in [-0.2, 0) is 13.2 Å². The van der Waals surface area contributed by atoms with Gasteiger partial charge in [-0.25, -0.2) is 14.3 Å². The standard InChI is InChI=1S/C19H11ClF3N3O2S/c1-25-15(19(21,22)23)9-16(27)26(18(25)28)10-6-7-12(20)11(8-10)17-24-13-4-2-3-5-14(13)29-17/h2-9H,1H3. The van der Waals surface area contributed by atoms with E-state index in [1.807, 2.05) is 24.3 Å². The SMILES string of the molecule is Cn1c(C(F)(F)F)cc(=O)n(-c2ccc(Cl)c(-c3nc4ccccc4s3)c2)c1=O. The first-order chi connectivity index (χ1) is 13.7. The third kappa shape index (κ3) is 3.36. The van der Waals surface area contributed by atoms with Gasteiger partial charge in [0.2, 0.25) is 0 Å². The lowest BCUT2D eigenvalue weighted by atomic mass is 10.2. The van der Waals surface area contributed by atoms with Crippen molar-refractivity contribution in [1.82, 2.24) is 14.1 Å². The van der Waals surface area contributed by atoms with E-state index in [0.29, 0.717) is 30.8 Å². The Balaban J connectivity index is 1.92. The average molecular weight is 438 g/mol. The minimum absolute atomic E-state index is 0.1000. The van der Waals surface area contributed by atoms with Gasteiger partial charge in [-0.05, 0) is 30.3 Å². The molecular weight excluding hydrogens is 427 g/mol. The Morgan fingerprint density at radius 2 is 1.79 bits per heavy atom. The van der Waals surface area contributed by atoms with Crippen molar-refractivity contribution in [2.45, 2.75) is 6.18 Å². The number of alkyl halides is 3. The summed E-state index contributed by atoms with van der Waals surface area (Å²) < 4.78 is 41.1. The van der Waals surface area contributed by atoms with Crippen LogP contribution in [-0.4, -0.2) is 14.1 Å². The predicted molar refractivity (Wildman–Crippen MR) is 106 cm³/mol. The number of nitrogens with zero attached hydrogens (tertiary/aromatic N) is 3. The fourth-order valence-electron chi connectivity index (χ4n) is 2.94. The summed E-state index contributed by atoms with van der Waals surface area (Å²) in [5, 5.41) is 0.902. The highest BCUT2D eigenvalue weighted by molar-refractivity contribution is 7.21. The first kappa shape index (κ1) is 19.4. The van der Waals surface area contributed by atoms with E-state index in [4.69, 9.17) is 11.6 Å². The normalized spacial score (nSPS) is 11.9. The molecule has 5 nitrogen and oxygen atoms in total. The van der Waals surface area contributed by atoms with Crippen LogP contribution in [0, 0.1) is 0 Å². The number of rotatable bonds is 2. The molecule has 0 unspecified atom stereocenters. The zero-order chi connectivity index (χ0) is 20.9. The third-order valence-electron chi connectivity index (χ3n) is 4.34. The van der Waals surface area contributed by atoms with Crippen molar-refractivity contribution in [3.05, 3.63) is 80.1 Å². The summed E-state index contributed by atoms with van der Waals surface area (Å²) in [6, 6.07) is 12.2. The summed E-state index contributed by atoms with van der Waals surface area (Å²) in [7, 11) is 0.964. The summed E-state index contributed by atoms with van der Waals surface area (Å²) in [6.45, 7) is 0. The quantitative estimate of drug-likeness (QED) is 0.464. The van der Waals surface area contributed by atoms with Crippen LogP contribution in [0.5, 0.6) is 0 Å². The molecule has 10 heteroatoms. The van der Waals surface area contributed by atoms with Gasteiger partial charge < -0.3 is 0 Å². The van der Waals surface area contributed by atoms with Crippen LogP contribution in [0.3, 0.4) is 0 Å². The molecule has 2 heterocycles. The number of hydrogen-bond acceptors (Lipinski definition) is 4. The molecular formula is C19H11ClF3N3O2S. The number of hydrogen-bond donors (Lipinski definition) is 0. The van der Waals surface area contributed by atoms with E-state index >= 15 is 0 Å². The van der Waals surface area contributed by atoms with E-state index in [2.05, 4.69) is 4.98 Å². The molecule has 0 bridgehead atoms. The second-order valence-corrected chi connectivity index (χ2v) is 7.63. The minimum Gasteiger partial charge on any atom is -0.292 e. The molecule has 0 aliphatic heterocycles. The number of para-hydroxylation sites is 1. The number of fused-ring (bicyclic) bond motifs is 1. The lowest BCUT2D eigenvalue weighted by molar-refractivity contribution is -0.144. The molecule has 0 spiro atoms. The van der Waals surface area contributed by atoms with E-state index in [9.17, 15) is 22.8 Å². The molecule has 4 rings (SSSR count). The van der Waals surface area contributed by atoms with Crippen molar-refractivity contribution in [2.24, 2.45) is 7.05 Å². The van der Waals surface area contributed by atoms with Crippen molar-refractivity contribution < 1.29 is 13.2 Å². The molecule has 0 aliphatic carbocycles. The van der Waals surface area contributed by atoms with Gasteiger partial charge in [-0.1, -0.05) is 23.7 Å². The minimum atomic E-state index is -4.82. The molecule has 29 heavy (non-hydrogen) atoms. The van der Waals surface area contributed by atoms with Crippen LogP contribution in [0.25, 0.3) is 26.5 Å². The molecule has 4 aromatic rings. The number of thiazole rings is 1. The second kappa shape index (κ2) is 6.85. The van der Waals surface area contributed by atoms with Gasteiger partial charge in [0.25, 0.3) is 5.56 Å². The molecule has 0 radical (unpaired) electrons. The molecule has 0 saturated carbocycles. The van der Waals surface area contributed by atoms with Crippen molar-refractivity contribution in [3.63, 3.8) is 0 Å². The van der Waals surface area contributed by atoms with Gasteiger partial charge in [0.1, 0.15) is 10.7 Å². The topological polar surface area (TPSA) is 56.9 Å². The van der Waals surface area contributed by atoms with Crippen LogP contribution < -0.4 is 11.2 Å². The summed E-state index contributed by atoms with van der Waals surface area (Å²) in [5.74, 6) is 0. The Bertz CT molecular complexity index is 1340. The molecule has 0 amide bonds. The molecule has 0 saturated heterocycles. The van der Waals surface area contributed by atoms with Gasteiger partial charge in [0.05, 0.1) is 20.9 Å². The van der Waals surface area contributed by atoms with Gasteiger partial charge in [-0.2, -0.15) is 13.2 Å². The van der Waals surface area contributed by atoms with Gasteiger partial charge in [0.15, 0.2) is 0 Å². The highest BCUT2D eigenvalue weighted by Gasteiger charge is 2.35. The Hall–Kier alpha value is -2.91. The maximum Gasteiger partial charge on any atom is 0.431 e. The first-order valence-electron chi connectivity index (χ1n) is 8.23. The Morgan fingerprint density at radius 3 is 2.48 bits per heavy atom. The van der Waals surface area contributed by atoms with Crippen LogP contribution in [0.15, 0.2) is 58.1 Å².